The van der Waals surface area contributed by atoms with E-state index >= 15 is 0 Å². The Hall–Kier alpha value is -0.0800. The van der Waals surface area contributed by atoms with Gasteiger partial charge < -0.3 is 10.6 Å². The maximum Gasteiger partial charge on any atom is 0.00126 e. The van der Waals surface area contributed by atoms with Crippen LogP contribution in [0.4, 0.5) is 0 Å². The number of hydrogen-bond donors (Lipinski definition) is 1. The number of nitrogens with two attached hydrogens (primary N) is 1. The van der Waals surface area contributed by atoms with Crippen LogP contribution in [-0.2, 0) is 0 Å². The van der Waals surface area contributed by atoms with E-state index in [9.17, 15) is 0 Å². The fraction of sp³-hybridized carbons (Fsp3) is 1.00. The van der Waals surface area contributed by atoms with Crippen molar-refractivity contribution in [3.8, 4) is 0 Å². The van der Waals surface area contributed by atoms with Crippen molar-refractivity contribution in [3.05, 3.63) is 0 Å². The predicted molar refractivity (Wildman–Crippen MR) is 76.1 cm³/mol. The molecule has 1 rings (SSSR count). The summed E-state index contributed by atoms with van der Waals surface area (Å²) in [5.41, 5.74) is 6.09. The van der Waals surface area contributed by atoms with E-state index < -0.39 is 0 Å². The second-order valence-corrected chi connectivity index (χ2v) is 6.90. The molecule has 17 heavy (non-hydrogen) atoms. The van der Waals surface area contributed by atoms with Crippen LogP contribution in [0.2, 0.25) is 0 Å². The third-order valence-electron chi connectivity index (χ3n) is 4.40. The average molecular weight is 240 g/mol. The molecule has 1 aliphatic heterocycles. The first-order chi connectivity index (χ1) is 7.94. The molecule has 0 aromatic rings. The smallest absolute Gasteiger partial charge is 0.00126 e. The molecule has 0 aromatic carbocycles. The first-order valence-corrected chi connectivity index (χ1v) is 7.37. The lowest BCUT2D eigenvalue weighted by Gasteiger charge is -2.25. The van der Waals surface area contributed by atoms with E-state index in [0.717, 1.165) is 24.8 Å². The van der Waals surface area contributed by atoms with Crippen molar-refractivity contribution in [3.63, 3.8) is 0 Å². The largest absolute Gasteiger partial charge is 0.330 e. The molecule has 1 unspecified atom stereocenters. The zero-order valence-electron chi connectivity index (χ0n) is 12.3. The Kier molecular flexibility index (Phi) is 5.94. The van der Waals surface area contributed by atoms with E-state index in [2.05, 4.69) is 32.6 Å². The molecule has 102 valence electrons. The summed E-state index contributed by atoms with van der Waals surface area (Å²) in [7, 11) is 0. The maximum atomic E-state index is 5.65. The van der Waals surface area contributed by atoms with Gasteiger partial charge in [-0.1, -0.05) is 27.7 Å². The second kappa shape index (κ2) is 6.75. The average Bonchev–Trinajstić information content (AvgIpc) is 2.66. The summed E-state index contributed by atoms with van der Waals surface area (Å²) < 4.78 is 0. The van der Waals surface area contributed by atoms with Crippen molar-refractivity contribution in [2.75, 3.05) is 26.2 Å². The van der Waals surface area contributed by atoms with Gasteiger partial charge in [0.05, 0.1) is 0 Å². The van der Waals surface area contributed by atoms with Crippen molar-refractivity contribution in [2.45, 2.75) is 53.4 Å². The molecule has 0 aliphatic carbocycles. The minimum absolute atomic E-state index is 0.436. The van der Waals surface area contributed by atoms with E-state index in [-0.39, 0.29) is 0 Å². The van der Waals surface area contributed by atoms with Gasteiger partial charge in [-0.25, -0.2) is 0 Å². The highest BCUT2D eigenvalue weighted by Crippen LogP contribution is 2.28. The van der Waals surface area contributed by atoms with Crippen LogP contribution in [0.3, 0.4) is 0 Å². The molecule has 0 saturated carbocycles. The predicted octanol–water partition coefficient (Wildman–Crippen LogP) is 3.12. The summed E-state index contributed by atoms with van der Waals surface area (Å²) in [6, 6.07) is 0. The van der Waals surface area contributed by atoms with Crippen LogP contribution < -0.4 is 5.73 Å². The van der Waals surface area contributed by atoms with Gasteiger partial charge in [0.1, 0.15) is 0 Å². The zero-order chi connectivity index (χ0) is 12.9. The summed E-state index contributed by atoms with van der Waals surface area (Å²) in [6.07, 6.45) is 5.20. The van der Waals surface area contributed by atoms with Gasteiger partial charge >= 0.3 is 0 Å². The summed E-state index contributed by atoms with van der Waals surface area (Å²) in [5.74, 6) is 1.79. The quantitative estimate of drug-likeness (QED) is 0.741. The van der Waals surface area contributed by atoms with Crippen LogP contribution in [0.15, 0.2) is 0 Å². The maximum absolute atomic E-state index is 5.65. The van der Waals surface area contributed by atoms with E-state index in [4.69, 9.17) is 5.73 Å². The van der Waals surface area contributed by atoms with Gasteiger partial charge in [-0.15, -0.1) is 0 Å². The molecule has 1 atom stereocenters. The highest BCUT2D eigenvalue weighted by molar-refractivity contribution is 4.78. The van der Waals surface area contributed by atoms with Gasteiger partial charge in [-0.3, -0.25) is 0 Å². The standard InChI is InChI=1S/C15H32N2/c1-13(2)14-6-11-17(12-14)10-5-7-15(3,4)8-9-16/h13-14H,5-12,16H2,1-4H3. The first kappa shape index (κ1) is 15.0. The molecule has 2 N–H and O–H groups in total. The van der Waals surface area contributed by atoms with E-state index in [0.29, 0.717) is 5.41 Å². The van der Waals surface area contributed by atoms with Crippen LogP contribution in [0.5, 0.6) is 0 Å². The van der Waals surface area contributed by atoms with E-state index in [1.54, 1.807) is 0 Å². The highest BCUT2D eigenvalue weighted by atomic mass is 15.1. The third kappa shape index (κ3) is 5.39. The minimum Gasteiger partial charge on any atom is -0.330 e. The van der Waals surface area contributed by atoms with Crippen LogP contribution in [-0.4, -0.2) is 31.1 Å². The van der Waals surface area contributed by atoms with Gasteiger partial charge in [-0.05, 0) is 62.6 Å². The van der Waals surface area contributed by atoms with Gasteiger partial charge in [0.15, 0.2) is 0 Å². The first-order valence-electron chi connectivity index (χ1n) is 7.37. The molecule has 0 spiro atoms. The van der Waals surface area contributed by atoms with Crippen LogP contribution in [0, 0.1) is 17.3 Å². The molecule has 1 heterocycles. The van der Waals surface area contributed by atoms with Crippen molar-refractivity contribution in [1.29, 1.82) is 0 Å². The second-order valence-electron chi connectivity index (χ2n) is 6.90. The topological polar surface area (TPSA) is 29.3 Å². The number of nitrogens with zero attached hydrogens (tertiary/aromatic N) is 1. The normalized spacial score (nSPS) is 22.6. The van der Waals surface area contributed by atoms with Crippen molar-refractivity contribution < 1.29 is 0 Å². The Balaban J connectivity index is 2.16. The van der Waals surface area contributed by atoms with E-state index in [1.807, 2.05) is 0 Å². The highest BCUT2D eigenvalue weighted by Gasteiger charge is 2.25. The molecule has 0 bridgehead atoms. The Bertz CT molecular complexity index is 211. The summed E-state index contributed by atoms with van der Waals surface area (Å²) in [4.78, 5) is 2.66. The van der Waals surface area contributed by atoms with Crippen LogP contribution in [0.1, 0.15) is 53.4 Å². The van der Waals surface area contributed by atoms with Crippen LogP contribution in [0.25, 0.3) is 0 Å². The SMILES string of the molecule is CC(C)C1CCN(CCCC(C)(C)CCN)C1. The monoisotopic (exact) mass is 240 g/mol. The Labute approximate surface area is 108 Å². The fourth-order valence-electron chi connectivity index (χ4n) is 2.91. The number of likely N-dealkylation sites (tertiary alicyclic amines) is 1. The number of rotatable bonds is 7. The zero-order valence-corrected chi connectivity index (χ0v) is 12.3. The molecule has 2 heteroatoms. The van der Waals surface area contributed by atoms with Crippen LogP contribution >= 0.6 is 0 Å². The van der Waals surface area contributed by atoms with Gasteiger partial charge in [0, 0.05) is 6.54 Å². The number of hydrogen-bond acceptors (Lipinski definition) is 2. The molecule has 1 saturated heterocycles. The molecular formula is C15H32N2. The third-order valence-corrected chi connectivity index (χ3v) is 4.40. The minimum atomic E-state index is 0.436. The molecule has 1 aliphatic rings. The van der Waals surface area contributed by atoms with Crippen molar-refractivity contribution >= 4 is 0 Å². The lowest BCUT2D eigenvalue weighted by molar-refractivity contribution is 0.253. The fourth-order valence-corrected chi connectivity index (χ4v) is 2.91. The van der Waals surface area contributed by atoms with Crippen molar-refractivity contribution in [1.82, 2.24) is 4.90 Å². The summed E-state index contributed by atoms with van der Waals surface area (Å²) >= 11 is 0. The summed E-state index contributed by atoms with van der Waals surface area (Å²) in [6.45, 7) is 14.2. The molecular weight excluding hydrogens is 208 g/mol. The van der Waals surface area contributed by atoms with Gasteiger partial charge in [0.2, 0.25) is 0 Å². The Morgan fingerprint density at radius 3 is 2.53 bits per heavy atom. The lowest BCUT2D eigenvalue weighted by atomic mass is 9.84. The molecule has 2 nitrogen and oxygen atoms in total. The Morgan fingerprint density at radius 1 is 1.29 bits per heavy atom. The molecule has 0 amide bonds. The molecule has 0 radical (unpaired) electrons. The molecule has 1 fully saturated rings. The molecule has 0 aromatic heterocycles. The Morgan fingerprint density at radius 2 is 2.00 bits per heavy atom. The van der Waals surface area contributed by atoms with Gasteiger partial charge in [0.25, 0.3) is 0 Å². The van der Waals surface area contributed by atoms with Gasteiger partial charge in [-0.2, -0.15) is 0 Å². The lowest BCUT2D eigenvalue weighted by Crippen LogP contribution is -2.25. The summed E-state index contributed by atoms with van der Waals surface area (Å²) in [5, 5.41) is 0. The van der Waals surface area contributed by atoms with Crippen molar-refractivity contribution in [2.24, 2.45) is 23.0 Å². The van der Waals surface area contributed by atoms with E-state index in [1.165, 1.54) is 38.9 Å².